The van der Waals surface area contributed by atoms with E-state index in [4.69, 9.17) is 23.2 Å². The van der Waals surface area contributed by atoms with E-state index in [0.29, 0.717) is 11.8 Å². The summed E-state index contributed by atoms with van der Waals surface area (Å²) in [5.74, 6) is 1.17. The SMILES string of the molecule is Cc1c(CCl)cccc1CCc1cccc(CCl)c1C. The van der Waals surface area contributed by atoms with Gasteiger partial charge in [0.2, 0.25) is 0 Å². The Bertz CT molecular complexity index is 534. The Balaban J connectivity index is 2.17. The molecule has 2 aromatic rings. The molecule has 0 spiro atoms. The summed E-state index contributed by atoms with van der Waals surface area (Å²) in [7, 11) is 0. The molecule has 0 radical (unpaired) electrons. The number of hydrogen-bond donors (Lipinski definition) is 0. The maximum absolute atomic E-state index is 5.97. The van der Waals surface area contributed by atoms with Gasteiger partial charge in [0.25, 0.3) is 0 Å². The van der Waals surface area contributed by atoms with Crippen LogP contribution in [0.15, 0.2) is 36.4 Å². The molecule has 20 heavy (non-hydrogen) atoms. The molecule has 0 aliphatic heterocycles. The van der Waals surface area contributed by atoms with Crippen LogP contribution >= 0.6 is 23.2 Å². The molecule has 0 fully saturated rings. The Morgan fingerprint density at radius 3 is 1.35 bits per heavy atom. The van der Waals surface area contributed by atoms with Crippen LogP contribution in [0.5, 0.6) is 0 Å². The molecule has 0 saturated heterocycles. The third-order valence-corrected chi connectivity index (χ3v) is 4.64. The normalized spacial score (nSPS) is 10.8. The molecule has 0 amide bonds. The van der Waals surface area contributed by atoms with E-state index in [-0.39, 0.29) is 0 Å². The molecule has 0 aliphatic carbocycles. The number of halogens is 2. The van der Waals surface area contributed by atoms with Crippen LogP contribution in [-0.2, 0) is 24.6 Å². The predicted octanol–water partition coefficient (Wildman–Crippen LogP) is 5.57. The second-order valence-corrected chi connectivity index (χ2v) is 5.70. The van der Waals surface area contributed by atoms with Gasteiger partial charge in [-0.1, -0.05) is 36.4 Å². The van der Waals surface area contributed by atoms with Crippen molar-refractivity contribution in [1.82, 2.24) is 0 Å². The van der Waals surface area contributed by atoms with E-state index in [0.717, 1.165) is 12.8 Å². The molecule has 0 bridgehead atoms. The molecule has 2 rings (SSSR count). The van der Waals surface area contributed by atoms with Gasteiger partial charge in [0.15, 0.2) is 0 Å². The molecule has 0 aliphatic rings. The zero-order valence-electron chi connectivity index (χ0n) is 12.0. The van der Waals surface area contributed by atoms with Crippen molar-refractivity contribution in [3.05, 3.63) is 69.8 Å². The maximum Gasteiger partial charge on any atom is 0.0476 e. The minimum Gasteiger partial charge on any atom is -0.122 e. The highest BCUT2D eigenvalue weighted by Crippen LogP contribution is 2.21. The van der Waals surface area contributed by atoms with E-state index in [9.17, 15) is 0 Å². The lowest BCUT2D eigenvalue weighted by molar-refractivity contribution is 0.931. The van der Waals surface area contributed by atoms with Crippen molar-refractivity contribution in [3.63, 3.8) is 0 Å². The zero-order chi connectivity index (χ0) is 14.5. The minimum atomic E-state index is 0.584. The summed E-state index contributed by atoms with van der Waals surface area (Å²) in [6.07, 6.45) is 2.09. The summed E-state index contributed by atoms with van der Waals surface area (Å²) < 4.78 is 0. The molecule has 0 aromatic heterocycles. The van der Waals surface area contributed by atoms with Gasteiger partial charge in [-0.25, -0.2) is 0 Å². The topological polar surface area (TPSA) is 0 Å². The highest BCUT2D eigenvalue weighted by atomic mass is 35.5. The van der Waals surface area contributed by atoms with Crippen LogP contribution in [-0.4, -0.2) is 0 Å². The van der Waals surface area contributed by atoms with Crippen LogP contribution in [0.1, 0.15) is 33.4 Å². The average molecular weight is 307 g/mol. The summed E-state index contributed by atoms with van der Waals surface area (Å²) in [5, 5.41) is 0. The highest BCUT2D eigenvalue weighted by molar-refractivity contribution is 6.17. The van der Waals surface area contributed by atoms with Gasteiger partial charge in [-0.3, -0.25) is 0 Å². The monoisotopic (exact) mass is 306 g/mol. The Kier molecular flexibility index (Phi) is 5.51. The summed E-state index contributed by atoms with van der Waals surface area (Å²) in [6.45, 7) is 4.32. The predicted molar refractivity (Wildman–Crippen MR) is 88.9 cm³/mol. The van der Waals surface area contributed by atoms with E-state index < -0.39 is 0 Å². The lowest BCUT2D eigenvalue weighted by atomic mass is 9.94. The summed E-state index contributed by atoms with van der Waals surface area (Å²) in [6, 6.07) is 12.8. The van der Waals surface area contributed by atoms with Crippen molar-refractivity contribution < 1.29 is 0 Å². The van der Waals surface area contributed by atoms with Crippen molar-refractivity contribution in [1.29, 1.82) is 0 Å². The smallest absolute Gasteiger partial charge is 0.0476 e. The lowest BCUT2D eigenvalue weighted by Gasteiger charge is -2.12. The van der Waals surface area contributed by atoms with Gasteiger partial charge in [-0.2, -0.15) is 0 Å². The van der Waals surface area contributed by atoms with Crippen molar-refractivity contribution in [2.45, 2.75) is 38.4 Å². The Labute approximate surface area is 131 Å². The van der Waals surface area contributed by atoms with Gasteiger partial charge < -0.3 is 0 Å². The summed E-state index contributed by atoms with van der Waals surface area (Å²) in [5.41, 5.74) is 7.89. The van der Waals surface area contributed by atoms with Crippen LogP contribution in [0.3, 0.4) is 0 Å². The van der Waals surface area contributed by atoms with Gasteiger partial charge in [0, 0.05) is 11.8 Å². The van der Waals surface area contributed by atoms with Crippen LogP contribution in [0.2, 0.25) is 0 Å². The molecule has 2 aromatic carbocycles. The summed E-state index contributed by atoms with van der Waals surface area (Å²) >= 11 is 11.9. The fourth-order valence-electron chi connectivity index (χ4n) is 2.57. The van der Waals surface area contributed by atoms with Gasteiger partial charge in [0.05, 0.1) is 0 Å². The molecule has 0 atom stereocenters. The summed E-state index contributed by atoms with van der Waals surface area (Å²) in [4.78, 5) is 0. The van der Waals surface area contributed by atoms with Gasteiger partial charge in [-0.15, -0.1) is 23.2 Å². The fourth-order valence-corrected chi connectivity index (χ4v) is 3.15. The maximum atomic E-state index is 5.97. The third kappa shape index (κ3) is 3.37. The van der Waals surface area contributed by atoms with Crippen LogP contribution in [0, 0.1) is 13.8 Å². The van der Waals surface area contributed by atoms with Crippen LogP contribution < -0.4 is 0 Å². The Hall–Kier alpha value is -0.980. The van der Waals surface area contributed by atoms with Crippen molar-refractivity contribution in [3.8, 4) is 0 Å². The minimum absolute atomic E-state index is 0.584. The zero-order valence-corrected chi connectivity index (χ0v) is 13.6. The molecule has 0 heterocycles. The lowest BCUT2D eigenvalue weighted by Crippen LogP contribution is -2.00. The first-order chi connectivity index (χ1) is 9.67. The quantitative estimate of drug-likeness (QED) is 0.634. The molecule has 2 heteroatoms. The van der Waals surface area contributed by atoms with Crippen LogP contribution in [0.25, 0.3) is 0 Å². The number of aryl methyl sites for hydroxylation is 2. The Morgan fingerprint density at radius 1 is 0.650 bits per heavy atom. The van der Waals surface area contributed by atoms with Crippen LogP contribution in [0.4, 0.5) is 0 Å². The fraction of sp³-hybridized carbons (Fsp3) is 0.333. The largest absolute Gasteiger partial charge is 0.122 e. The van der Waals surface area contributed by atoms with Crippen molar-refractivity contribution in [2.24, 2.45) is 0 Å². The first-order valence-corrected chi connectivity index (χ1v) is 8.01. The molecule has 0 N–H and O–H groups in total. The number of hydrogen-bond acceptors (Lipinski definition) is 0. The number of alkyl halides is 2. The number of rotatable bonds is 5. The molecular weight excluding hydrogens is 287 g/mol. The average Bonchev–Trinajstić information content (AvgIpc) is 2.47. The van der Waals surface area contributed by atoms with E-state index in [2.05, 4.69) is 50.2 Å². The van der Waals surface area contributed by atoms with E-state index in [1.807, 2.05) is 0 Å². The molecule has 106 valence electrons. The second-order valence-electron chi connectivity index (χ2n) is 5.17. The first kappa shape index (κ1) is 15.4. The van der Waals surface area contributed by atoms with Gasteiger partial charge >= 0.3 is 0 Å². The van der Waals surface area contributed by atoms with Gasteiger partial charge in [-0.05, 0) is 60.1 Å². The van der Waals surface area contributed by atoms with Crippen molar-refractivity contribution >= 4 is 23.2 Å². The Morgan fingerprint density at radius 2 is 1.00 bits per heavy atom. The molecule has 0 nitrogen and oxygen atoms in total. The third-order valence-electron chi connectivity index (χ3n) is 4.07. The standard InChI is InChI=1S/C18H20Cl2/c1-13-15(5-3-7-17(13)11-19)9-10-16-6-4-8-18(12-20)14(16)2/h3-8H,9-12H2,1-2H3. The molecule has 0 unspecified atom stereocenters. The second kappa shape index (κ2) is 7.15. The first-order valence-electron chi connectivity index (χ1n) is 6.94. The molecule has 0 saturated carbocycles. The van der Waals surface area contributed by atoms with E-state index in [1.54, 1.807) is 0 Å². The van der Waals surface area contributed by atoms with Crippen molar-refractivity contribution in [2.75, 3.05) is 0 Å². The van der Waals surface area contributed by atoms with E-state index in [1.165, 1.54) is 33.4 Å². The van der Waals surface area contributed by atoms with Gasteiger partial charge in [0.1, 0.15) is 0 Å². The molecular formula is C18H20Cl2. The highest BCUT2D eigenvalue weighted by Gasteiger charge is 2.06. The van der Waals surface area contributed by atoms with E-state index >= 15 is 0 Å². The number of benzene rings is 2.